The van der Waals surface area contributed by atoms with Crippen molar-refractivity contribution in [3.8, 4) is 11.3 Å². The fourth-order valence-corrected chi connectivity index (χ4v) is 3.39. The number of benzene rings is 1. The molecule has 1 aromatic heterocycles. The molecule has 1 atom stereocenters. The second kappa shape index (κ2) is 8.26. The number of aromatic nitrogens is 1. The van der Waals surface area contributed by atoms with E-state index in [1.54, 1.807) is 11.3 Å². The zero-order chi connectivity index (χ0) is 16.8. The van der Waals surface area contributed by atoms with Gasteiger partial charge in [0, 0.05) is 36.3 Å². The van der Waals surface area contributed by atoms with E-state index in [9.17, 15) is 4.79 Å². The summed E-state index contributed by atoms with van der Waals surface area (Å²) in [6.45, 7) is 4.32. The molecular weight excluding hydrogens is 322 g/mol. The summed E-state index contributed by atoms with van der Waals surface area (Å²) in [6, 6.07) is 7.74. The summed E-state index contributed by atoms with van der Waals surface area (Å²) in [5.74, 6) is 0. The largest absolute Gasteiger partial charge is 0.376 e. The average Bonchev–Trinajstić information content (AvgIpc) is 3.15. The summed E-state index contributed by atoms with van der Waals surface area (Å²) in [5.41, 5.74) is 4.64. The van der Waals surface area contributed by atoms with Gasteiger partial charge < -0.3 is 15.0 Å². The maximum absolute atomic E-state index is 12.4. The van der Waals surface area contributed by atoms with Crippen LogP contribution in [0.5, 0.6) is 0 Å². The monoisotopic (exact) mass is 345 g/mol. The highest BCUT2D eigenvalue weighted by Crippen LogP contribution is 2.22. The number of urea groups is 1. The number of thiazole rings is 1. The predicted molar refractivity (Wildman–Crippen MR) is 97.4 cm³/mol. The highest BCUT2D eigenvalue weighted by atomic mass is 32.1. The van der Waals surface area contributed by atoms with Crippen LogP contribution in [0.15, 0.2) is 35.2 Å². The Hall–Kier alpha value is -1.92. The Morgan fingerprint density at radius 2 is 2.25 bits per heavy atom. The molecule has 24 heavy (non-hydrogen) atoms. The van der Waals surface area contributed by atoms with Gasteiger partial charge in [0.25, 0.3) is 0 Å². The van der Waals surface area contributed by atoms with E-state index in [2.05, 4.69) is 17.2 Å². The first-order chi connectivity index (χ1) is 11.8. The van der Waals surface area contributed by atoms with E-state index in [1.807, 2.05) is 40.1 Å². The number of likely N-dealkylation sites (tertiary alicyclic amines) is 1. The molecule has 1 aromatic carbocycles. The lowest BCUT2D eigenvalue weighted by Gasteiger charge is -2.32. The number of anilines is 1. The van der Waals surface area contributed by atoms with Gasteiger partial charge in [-0.25, -0.2) is 9.78 Å². The Morgan fingerprint density at radius 1 is 1.42 bits per heavy atom. The van der Waals surface area contributed by atoms with Gasteiger partial charge in [-0.2, -0.15) is 0 Å². The molecule has 0 saturated carbocycles. The minimum Gasteiger partial charge on any atom is -0.376 e. The van der Waals surface area contributed by atoms with Crippen LogP contribution in [-0.4, -0.2) is 41.7 Å². The summed E-state index contributed by atoms with van der Waals surface area (Å²) in [4.78, 5) is 18.6. The molecule has 0 aliphatic carbocycles. The highest BCUT2D eigenvalue weighted by Gasteiger charge is 2.24. The van der Waals surface area contributed by atoms with Gasteiger partial charge >= 0.3 is 6.03 Å². The van der Waals surface area contributed by atoms with E-state index in [0.717, 1.165) is 49.4 Å². The number of nitrogens with one attached hydrogen (secondary N) is 1. The smallest absolute Gasteiger partial charge is 0.321 e. The number of piperidine rings is 1. The van der Waals surface area contributed by atoms with Gasteiger partial charge in [0.2, 0.25) is 0 Å². The maximum atomic E-state index is 12.4. The molecule has 1 N–H and O–H groups in total. The van der Waals surface area contributed by atoms with E-state index in [0.29, 0.717) is 6.54 Å². The van der Waals surface area contributed by atoms with Crippen LogP contribution in [0.4, 0.5) is 10.5 Å². The molecule has 2 heterocycles. The number of carbonyl (C=O) groups excluding carboxylic acids is 1. The Balaban J connectivity index is 1.56. The van der Waals surface area contributed by atoms with Crippen LogP contribution in [0.3, 0.4) is 0 Å². The number of hydrogen-bond donors (Lipinski definition) is 1. The molecule has 5 nitrogen and oxygen atoms in total. The van der Waals surface area contributed by atoms with Gasteiger partial charge in [0.05, 0.1) is 17.3 Å². The van der Waals surface area contributed by atoms with Crippen LogP contribution in [0, 0.1) is 0 Å². The summed E-state index contributed by atoms with van der Waals surface area (Å²) < 4.78 is 5.79. The first-order valence-corrected chi connectivity index (χ1v) is 9.36. The molecule has 0 radical (unpaired) electrons. The number of hydrogen-bond acceptors (Lipinski definition) is 4. The zero-order valence-corrected chi connectivity index (χ0v) is 14.7. The van der Waals surface area contributed by atoms with Crippen molar-refractivity contribution in [2.45, 2.75) is 32.3 Å². The summed E-state index contributed by atoms with van der Waals surface area (Å²) in [6.07, 6.45) is 3.20. The topological polar surface area (TPSA) is 54.5 Å². The lowest BCUT2D eigenvalue weighted by Crippen LogP contribution is -2.45. The molecule has 2 aromatic rings. The van der Waals surface area contributed by atoms with Crippen LogP contribution >= 0.6 is 11.3 Å². The molecule has 2 amide bonds. The van der Waals surface area contributed by atoms with E-state index < -0.39 is 0 Å². The van der Waals surface area contributed by atoms with Gasteiger partial charge in [0.15, 0.2) is 0 Å². The Bertz CT molecular complexity index is 643. The first-order valence-electron chi connectivity index (χ1n) is 8.42. The number of nitrogens with zero attached hydrogens (tertiary/aromatic N) is 2. The minimum atomic E-state index is -0.0544. The van der Waals surface area contributed by atoms with Crippen molar-refractivity contribution in [1.29, 1.82) is 0 Å². The van der Waals surface area contributed by atoms with Crippen molar-refractivity contribution in [1.82, 2.24) is 9.88 Å². The number of rotatable bonds is 5. The van der Waals surface area contributed by atoms with E-state index in [4.69, 9.17) is 4.74 Å². The maximum Gasteiger partial charge on any atom is 0.321 e. The Morgan fingerprint density at radius 3 is 2.96 bits per heavy atom. The van der Waals surface area contributed by atoms with Gasteiger partial charge in [-0.1, -0.05) is 19.1 Å². The second-order valence-electron chi connectivity index (χ2n) is 5.96. The molecular formula is C18H23N3O2S. The Kier molecular flexibility index (Phi) is 5.82. The van der Waals surface area contributed by atoms with Gasteiger partial charge in [-0.15, -0.1) is 11.3 Å². The summed E-state index contributed by atoms with van der Waals surface area (Å²) >= 11 is 1.57. The summed E-state index contributed by atoms with van der Waals surface area (Å²) in [7, 11) is 0. The van der Waals surface area contributed by atoms with E-state index in [1.165, 1.54) is 0 Å². The molecule has 1 saturated heterocycles. The molecule has 128 valence electrons. The van der Waals surface area contributed by atoms with Crippen LogP contribution in [0.1, 0.15) is 26.2 Å². The van der Waals surface area contributed by atoms with E-state index >= 15 is 0 Å². The molecule has 0 unspecified atom stereocenters. The third-order valence-corrected chi connectivity index (χ3v) is 4.67. The second-order valence-corrected chi connectivity index (χ2v) is 6.68. The van der Waals surface area contributed by atoms with Crippen LogP contribution in [0.25, 0.3) is 11.3 Å². The first kappa shape index (κ1) is 16.9. The van der Waals surface area contributed by atoms with Crippen molar-refractivity contribution in [3.63, 3.8) is 0 Å². The van der Waals surface area contributed by atoms with E-state index in [-0.39, 0.29) is 12.1 Å². The third kappa shape index (κ3) is 4.33. The molecule has 1 aliphatic heterocycles. The lowest BCUT2D eigenvalue weighted by atomic mass is 10.1. The third-order valence-electron chi connectivity index (χ3n) is 4.09. The number of amides is 2. The van der Waals surface area contributed by atoms with Gasteiger partial charge in [-0.3, -0.25) is 0 Å². The van der Waals surface area contributed by atoms with Crippen molar-refractivity contribution in [2.24, 2.45) is 0 Å². The summed E-state index contributed by atoms with van der Waals surface area (Å²) in [5, 5.41) is 4.99. The average molecular weight is 345 g/mol. The lowest BCUT2D eigenvalue weighted by molar-refractivity contribution is 0.0115. The van der Waals surface area contributed by atoms with Crippen molar-refractivity contribution < 1.29 is 9.53 Å². The number of carbonyl (C=O) groups is 1. The molecule has 1 aliphatic rings. The highest BCUT2D eigenvalue weighted by molar-refractivity contribution is 7.07. The molecule has 6 heteroatoms. The van der Waals surface area contributed by atoms with Crippen molar-refractivity contribution >= 4 is 23.1 Å². The van der Waals surface area contributed by atoms with Crippen molar-refractivity contribution in [3.05, 3.63) is 35.2 Å². The molecule has 0 bridgehead atoms. The zero-order valence-electron chi connectivity index (χ0n) is 13.9. The fourth-order valence-electron chi connectivity index (χ4n) is 2.83. The van der Waals surface area contributed by atoms with Crippen LogP contribution in [0.2, 0.25) is 0 Å². The number of ether oxygens (including phenoxy) is 1. The van der Waals surface area contributed by atoms with Gasteiger partial charge in [-0.05, 0) is 31.4 Å². The standard InChI is InChI=1S/C18H23N3O2S/c1-2-10-23-16-4-3-9-21(11-16)18(22)20-15-7-5-14(6-8-15)17-12-24-13-19-17/h5-8,12-13,16H,2-4,9-11H2,1H3,(H,20,22)/t16-/m0/s1. The fraction of sp³-hybridized carbons (Fsp3) is 0.444. The molecule has 1 fully saturated rings. The van der Waals surface area contributed by atoms with Gasteiger partial charge in [0.1, 0.15) is 0 Å². The Labute approximate surface area is 146 Å². The molecule has 0 spiro atoms. The normalized spacial score (nSPS) is 17.7. The SMILES string of the molecule is CCCO[C@H]1CCCN(C(=O)Nc2ccc(-c3cscn3)cc2)C1. The molecule has 3 rings (SSSR count). The quantitative estimate of drug-likeness (QED) is 0.882. The predicted octanol–water partition coefficient (Wildman–Crippen LogP) is 4.23. The van der Waals surface area contributed by atoms with Crippen molar-refractivity contribution in [2.75, 3.05) is 25.0 Å². The van der Waals surface area contributed by atoms with Crippen LogP contribution in [-0.2, 0) is 4.74 Å². The van der Waals surface area contributed by atoms with Crippen LogP contribution < -0.4 is 5.32 Å². The minimum absolute atomic E-state index is 0.0544.